The van der Waals surface area contributed by atoms with Crippen molar-refractivity contribution in [3.8, 4) is 0 Å². The van der Waals surface area contributed by atoms with Crippen LogP contribution in [0.3, 0.4) is 0 Å². The molecular formula is C12H12N2O. The van der Waals surface area contributed by atoms with E-state index in [1.165, 1.54) is 0 Å². The fourth-order valence-corrected chi connectivity index (χ4v) is 1.35. The molecule has 0 saturated carbocycles. The zero-order chi connectivity index (χ0) is 10.8. The molecule has 0 aromatic carbocycles. The molecule has 0 aliphatic heterocycles. The zero-order valence-electron chi connectivity index (χ0n) is 8.77. The molecule has 0 atom stereocenters. The van der Waals surface area contributed by atoms with Gasteiger partial charge in [0.25, 0.3) is 0 Å². The smallest absolute Gasteiger partial charge is 0.155 e. The average molecular weight is 200 g/mol. The number of ketones is 1. The van der Waals surface area contributed by atoms with E-state index in [0.29, 0.717) is 0 Å². The molecule has 3 nitrogen and oxygen atoms in total. The van der Waals surface area contributed by atoms with E-state index in [1.807, 2.05) is 35.0 Å². The maximum absolute atomic E-state index is 11.1. The van der Waals surface area contributed by atoms with Crippen molar-refractivity contribution in [1.29, 1.82) is 0 Å². The van der Waals surface area contributed by atoms with Gasteiger partial charge in [0.2, 0.25) is 0 Å². The number of carbonyl (C=O) groups is 1. The van der Waals surface area contributed by atoms with Crippen molar-refractivity contribution in [3.63, 3.8) is 0 Å². The van der Waals surface area contributed by atoms with Crippen molar-refractivity contribution in [2.24, 2.45) is 0 Å². The Morgan fingerprint density at radius 3 is 2.87 bits per heavy atom. The fourth-order valence-electron chi connectivity index (χ4n) is 1.35. The first-order valence-electron chi connectivity index (χ1n) is 4.80. The van der Waals surface area contributed by atoms with E-state index in [2.05, 4.69) is 4.98 Å². The Morgan fingerprint density at radius 2 is 2.20 bits per heavy atom. The first kappa shape index (κ1) is 9.65. The molecule has 0 unspecified atom stereocenters. The predicted molar refractivity (Wildman–Crippen MR) is 59.5 cm³/mol. The Labute approximate surface area is 88.1 Å². The van der Waals surface area contributed by atoms with Crippen LogP contribution in [0.1, 0.15) is 19.5 Å². The molecule has 76 valence electrons. The molecular weight excluding hydrogens is 188 g/mol. The third-order valence-corrected chi connectivity index (χ3v) is 2.30. The highest BCUT2D eigenvalue weighted by Crippen LogP contribution is 2.08. The van der Waals surface area contributed by atoms with Gasteiger partial charge in [0.05, 0.1) is 5.69 Å². The highest BCUT2D eigenvalue weighted by Gasteiger charge is 2.00. The molecule has 0 radical (unpaired) electrons. The molecule has 0 bridgehead atoms. The number of aromatic nitrogens is 2. The maximum atomic E-state index is 11.1. The van der Waals surface area contributed by atoms with Crippen LogP contribution in [-0.4, -0.2) is 15.2 Å². The van der Waals surface area contributed by atoms with Crippen molar-refractivity contribution in [1.82, 2.24) is 9.38 Å². The SMILES string of the molecule is CC(=O)/C(C)=C/c1cn2ccccc2n1. The number of pyridine rings is 1. The van der Waals surface area contributed by atoms with Gasteiger partial charge in [0.1, 0.15) is 5.65 Å². The highest BCUT2D eigenvalue weighted by molar-refractivity contribution is 5.96. The van der Waals surface area contributed by atoms with Crippen LogP contribution in [-0.2, 0) is 4.79 Å². The number of hydrogen-bond donors (Lipinski definition) is 0. The number of imidazole rings is 1. The Bertz CT molecular complexity index is 504. The largest absolute Gasteiger partial charge is 0.306 e. The minimum absolute atomic E-state index is 0.0760. The average Bonchev–Trinajstić information content (AvgIpc) is 2.59. The van der Waals surface area contributed by atoms with Crippen LogP contribution in [0.2, 0.25) is 0 Å². The molecule has 15 heavy (non-hydrogen) atoms. The van der Waals surface area contributed by atoms with E-state index in [9.17, 15) is 4.79 Å². The predicted octanol–water partition coefficient (Wildman–Crippen LogP) is 2.33. The number of fused-ring (bicyclic) bond motifs is 1. The van der Waals surface area contributed by atoms with Gasteiger partial charge < -0.3 is 4.40 Å². The van der Waals surface area contributed by atoms with Crippen molar-refractivity contribution >= 4 is 17.5 Å². The number of allylic oxidation sites excluding steroid dienone is 1. The number of nitrogens with zero attached hydrogens (tertiary/aromatic N) is 2. The minimum atomic E-state index is 0.0760. The van der Waals surface area contributed by atoms with Crippen LogP contribution in [0.5, 0.6) is 0 Å². The van der Waals surface area contributed by atoms with Gasteiger partial charge in [-0.05, 0) is 37.6 Å². The van der Waals surface area contributed by atoms with E-state index in [4.69, 9.17) is 0 Å². The van der Waals surface area contributed by atoms with Gasteiger partial charge in [-0.2, -0.15) is 0 Å². The van der Waals surface area contributed by atoms with E-state index in [-0.39, 0.29) is 5.78 Å². The van der Waals surface area contributed by atoms with Crippen LogP contribution in [0, 0.1) is 0 Å². The molecule has 0 saturated heterocycles. The third-order valence-electron chi connectivity index (χ3n) is 2.30. The summed E-state index contributed by atoms with van der Waals surface area (Å²) in [4.78, 5) is 15.4. The Balaban J connectivity index is 2.46. The molecule has 2 aromatic heterocycles. The van der Waals surface area contributed by atoms with Gasteiger partial charge in [-0.3, -0.25) is 4.79 Å². The monoisotopic (exact) mass is 200 g/mol. The van der Waals surface area contributed by atoms with Crippen LogP contribution in [0.15, 0.2) is 36.2 Å². The van der Waals surface area contributed by atoms with Crippen LogP contribution >= 0.6 is 0 Å². The lowest BCUT2D eigenvalue weighted by Crippen LogP contribution is -1.90. The quantitative estimate of drug-likeness (QED) is 0.697. The van der Waals surface area contributed by atoms with Crippen LogP contribution in [0.4, 0.5) is 0 Å². The number of Topliss-reactive ketones (excluding diaryl/α,β-unsaturated/α-hetero) is 1. The molecule has 0 fully saturated rings. The summed E-state index contributed by atoms with van der Waals surface area (Å²) >= 11 is 0. The first-order valence-corrected chi connectivity index (χ1v) is 4.80. The summed E-state index contributed by atoms with van der Waals surface area (Å²) in [5.74, 6) is 0.0760. The highest BCUT2D eigenvalue weighted by atomic mass is 16.1. The zero-order valence-corrected chi connectivity index (χ0v) is 8.77. The fraction of sp³-hybridized carbons (Fsp3) is 0.167. The molecule has 2 heterocycles. The summed E-state index contributed by atoms with van der Waals surface area (Å²) in [5.41, 5.74) is 2.42. The first-order chi connectivity index (χ1) is 7.16. The number of hydrogen-bond acceptors (Lipinski definition) is 2. The molecule has 0 spiro atoms. The third kappa shape index (κ3) is 1.96. The van der Waals surface area contributed by atoms with Gasteiger partial charge in [0.15, 0.2) is 5.78 Å². The van der Waals surface area contributed by atoms with E-state index in [0.717, 1.165) is 16.9 Å². The number of carbonyl (C=O) groups excluding carboxylic acids is 1. The summed E-state index contributed by atoms with van der Waals surface area (Å²) < 4.78 is 1.93. The van der Waals surface area contributed by atoms with Gasteiger partial charge in [-0.1, -0.05) is 6.07 Å². The molecule has 0 aliphatic carbocycles. The summed E-state index contributed by atoms with van der Waals surface area (Å²) in [5, 5.41) is 0. The Kier molecular flexibility index (Phi) is 2.37. The molecule has 2 rings (SSSR count). The molecule has 0 amide bonds. The lowest BCUT2D eigenvalue weighted by molar-refractivity contribution is -0.113. The number of rotatable bonds is 2. The van der Waals surface area contributed by atoms with E-state index < -0.39 is 0 Å². The summed E-state index contributed by atoms with van der Waals surface area (Å²) in [6.45, 7) is 3.36. The van der Waals surface area contributed by atoms with Gasteiger partial charge in [0, 0.05) is 12.4 Å². The molecule has 0 aliphatic rings. The van der Waals surface area contributed by atoms with E-state index in [1.54, 1.807) is 19.9 Å². The van der Waals surface area contributed by atoms with Crippen molar-refractivity contribution < 1.29 is 4.79 Å². The molecule has 3 heteroatoms. The van der Waals surface area contributed by atoms with Gasteiger partial charge in [-0.15, -0.1) is 0 Å². The van der Waals surface area contributed by atoms with E-state index >= 15 is 0 Å². The summed E-state index contributed by atoms with van der Waals surface area (Å²) in [6, 6.07) is 5.81. The lowest BCUT2D eigenvalue weighted by Gasteiger charge is -1.90. The second kappa shape index (κ2) is 3.69. The van der Waals surface area contributed by atoms with Crippen LogP contribution < -0.4 is 0 Å². The topological polar surface area (TPSA) is 34.4 Å². The second-order valence-electron chi connectivity index (χ2n) is 3.52. The summed E-state index contributed by atoms with van der Waals surface area (Å²) in [7, 11) is 0. The van der Waals surface area contributed by atoms with Gasteiger partial charge >= 0.3 is 0 Å². The van der Waals surface area contributed by atoms with Crippen molar-refractivity contribution in [3.05, 3.63) is 41.9 Å². The van der Waals surface area contributed by atoms with Crippen molar-refractivity contribution in [2.45, 2.75) is 13.8 Å². The molecule has 0 N–H and O–H groups in total. The Hall–Kier alpha value is -1.90. The normalized spacial score (nSPS) is 12.0. The minimum Gasteiger partial charge on any atom is -0.306 e. The maximum Gasteiger partial charge on any atom is 0.155 e. The summed E-state index contributed by atoms with van der Waals surface area (Å²) in [6.07, 6.45) is 5.64. The molecule has 2 aromatic rings. The standard InChI is InChI=1S/C12H12N2O/c1-9(10(2)15)7-11-8-14-6-4-3-5-12(14)13-11/h3-8H,1-2H3/b9-7+. The van der Waals surface area contributed by atoms with Crippen LogP contribution in [0.25, 0.3) is 11.7 Å². The lowest BCUT2D eigenvalue weighted by atomic mass is 10.2. The Morgan fingerprint density at radius 1 is 1.40 bits per heavy atom. The van der Waals surface area contributed by atoms with Crippen molar-refractivity contribution in [2.75, 3.05) is 0 Å². The second-order valence-corrected chi connectivity index (χ2v) is 3.52. The van der Waals surface area contributed by atoms with Gasteiger partial charge in [-0.25, -0.2) is 4.98 Å².